The molecule has 1 saturated carbocycles. The van der Waals surface area contributed by atoms with E-state index in [0.29, 0.717) is 0 Å². The Balaban J connectivity index is 0. The van der Waals surface area contributed by atoms with Gasteiger partial charge in [-0.2, -0.15) is 18.9 Å². The van der Waals surface area contributed by atoms with Gasteiger partial charge in [0.2, 0.25) is 0 Å². The molecule has 0 aromatic heterocycles. The van der Waals surface area contributed by atoms with Gasteiger partial charge in [0.25, 0.3) is 0 Å². The molecule has 0 radical (unpaired) electrons. The van der Waals surface area contributed by atoms with E-state index in [4.69, 9.17) is 0 Å². The van der Waals surface area contributed by atoms with Crippen molar-refractivity contribution in [3.63, 3.8) is 0 Å². The maximum atomic E-state index is 2.99. The summed E-state index contributed by atoms with van der Waals surface area (Å²) < 4.78 is 0. The maximum Gasteiger partial charge on any atom is 2.00 e. The van der Waals surface area contributed by atoms with Crippen LogP contribution in [-0.2, 0) is 26.2 Å². The summed E-state index contributed by atoms with van der Waals surface area (Å²) in [5.41, 5.74) is 0. The van der Waals surface area contributed by atoms with Crippen molar-refractivity contribution in [3.05, 3.63) is 30.7 Å². The second-order valence-corrected chi connectivity index (χ2v) is 2.93. The minimum atomic E-state index is 0. The van der Waals surface area contributed by atoms with Crippen LogP contribution in [0.1, 0.15) is 38.5 Å². The molecule has 13 heavy (non-hydrogen) atoms. The standard InChI is InChI=1S/C6H11.C5H5.ClH.Zr/c1-2-4-6-5-3-1;1-2-4-5-3-1;;/h1H,2-6H2;1-3H,4H2;1H;/q2*-1;;+2. The number of rotatable bonds is 0. The molecule has 2 aliphatic rings. The van der Waals surface area contributed by atoms with Gasteiger partial charge < -0.3 is 6.42 Å². The maximum absolute atomic E-state index is 2.99. The molecule has 72 valence electrons. The summed E-state index contributed by atoms with van der Waals surface area (Å²) >= 11 is 0. The van der Waals surface area contributed by atoms with Gasteiger partial charge in [-0.1, -0.05) is 19.3 Å². The van der Waals surface area contributed by atoms with Crippen LogP contribution < -0.4 is 0 Å². The molecule has 0 heterocycles. The summed E-state index contributed by atoms with van der Waals surface area (Å²) in [7, 11) is 0. The molecule has 0 atom stereocenters. The molecule has 0 nitrogen and oxygen atoms in total. The summed E-state index contributed by atoms with van der Waals surface area (Å²) in [5, 5.41) is 0. The predicted molar refractivity (Wildman–Crippen MR) is 56.2 cm³/mol. The monoisotopic (exact) mass is 274 g/mol. The molecule has 0 bridgehead atoms. The van der Waals surface area contributed by atoms with Crippen LogP contribution in [0.3, 0.4) is 0 Å². The first-order valence-corrected chi connectivity index (χ1v) is 4.53. The van der Waals surface area contributed by atoms with Crippen LogP contribution in [0.5, 0.6) is 0 Å². The van der Waals surface area contributed by atoms with Gasteiger partial charge in [0.15, 0.2) is 0 Å². The number of hydrogen-bond acceptors (Lipinski definition) is 0. The summed E-state index contributed by atoms with van der Waals surface area (Å²) in [6.07, 6.45) is 19.5. The van der Waals surface area contributed by atoms with Crippen molar-refractivity contribution >= 4 is 12.4 Å². The Kier molecular flexibility index (Phi) is 15.7. The molecular formula is C11H17ClZr. The van der Waals surface area contributed by atoms with Crippen LogP contribution >= 0.6 is 12.4 Å². The Bertz CT molecular complexity index is 116. The van der Waals surface area contributed by atoms with E-state index in [9.17, 15) is 0 Å². The second kappa shape index (κ2) is 12.7. The number of hydrogen-bond donors (Lipinski definition) is 0. The summed E-state index contributed by atoms with van der Waals surface area (Å²) in [5.74, 6) is 0. The van der Waals surface area contributed by atoms with Crippen molar-refractivity contribution < 1.29 is 26.2 Å². The van der Waals surface area contributed by atoms with E-state index in [0.717, 1.165) is 6.42 Å². The molecule has 0 aliphatic heterocycles. The zero-order chi connectivity index (χ0) is 7.78. The Hall–Kier alpha value is 0.653. The number of allylic oxidation sites excluding steroid dienone is 4. The SMILES string of the molecule is Cl.[C-]1=CC=CC1.[CH-]1CCCCC1.[Zr+2]. The fraction of sp³-hybridized carbons (Fsp3) is 0.545. The molecule has 0 spiro atoms. The topological polar surface area (TPSA) is 0 Å². The first-order valence-electron chi connectivity index (χ1n) is 4.53. The Labute approximate surface area is 107 Å². The van der Waals surface area contributed by atoms with Gasteiger partial charge in [-0.05, 0) is 0 Å². The molecule has 2 rings (SSSR count). The fourth-order valence-electron chi connectivity index (χ4n) is 1.24. The van der Waals surface area contributed by atoms with E-state index in [1.54, 1.807) is 0 Å². The van der Waals surface area contributed by atoms with Gasteiger partial charge in [0.05, 0.1) is 0 Å². The molecular weight excluding hydrogens is 259 g/mol. The van der Waals surface area contributed by atoms with Gasteiger partial charge in [0, 0.05) is 0 Å². The largest absolute Gasteiger partial charge is 2.00 e. The predicted octanol–water partition coefficient (Wildman–Crippen LogP) is 3.88. The summed E-state index contributed by atoms with van der Waals surface area (Å²) in [4.78, 5) is 0. The summed E-state index contributed by atoms with van der Waals surface area (Å²) in [6, 6.07) is 0. The van der Waals surface area contributed by atoms with Gasteiger partial charge in [-0.3, -0.25) is 6.08 Å². The smallest absolute Gasteiger partial charge is 0.328 e. The van der Waals surface area contributed by atoms with Gasteiger partial charge in [-0.15, -0.1) is 18.8 Å². The van der Waals surface area contributed by atoms with Crippen LogP contribution in [0.15, 0.2) is 18.2 Å². The van der Waals surface area contributed by atoms with E-state index in [-0.39, 0.29) is 38.6 Å². The molecule has 0 saturated heterocycles. The number of halogens is 1. The van der Waals surface area contributed by atoms with Gasteiger partial charge in [0.1, 0.15) is 0 Å². The van der Waals surface area contributed by atoms with Crippen LogP contribution in [-0.4, -0.2) is 0 Å². The van der Waals surface area contributed by atoms with Crippen molar-refractivity contribution in [2.24, 2.45) is 0 Å². The molecule has 0 aromatic carbocycles. The molecule has 2 heteroatoms. The molecule has 1 fully saturated rings. The first kappa shape index (κ1) is 16.1. The van der Waals surface area contributed by atoms with Crippen molar-refractivity contribution in [1.82, 2.24) is 0 Å². The molecule has 2 aliphatic carbocycles. The average molecular weight is 276 g/mol. The van der Waals surface area contributed by atoms with Crippen molar-refractivity contribution in [3.8, 4) is 0 Å². The van der Waals surface area contributed by atoms with Crippen LogP contribution in [0.2, 0.25) is 0 Å². The third kappa shape index (κ3) is 10.6. The van der Waals surface area contributed by atoms with Crippen molar-refractivity contribution in [2.75, 3.05) is 0 Å². The van der Waals surface area contributed by atoms with Crippen LogP contribution in [0.25, 0.3) is 0 Å². The Morgan fingerprint density at radius 3 is 1.92 bits per heavy atom. The van der Waals surface area contributed by atoms with Crippen LogP contribution in [0, 0.1) is 12.5 Å². The Morgan fingerprint density at radius 1 is 1.08 bits per heavy atom. The van der Waals surface area contributed by atoms with E-state index in [1.165, 1.54) is 32.1 Å². The zero-order valence-corrected chi connectivity index (χ0v) is 11.2. The average Bonchev–Trinajstić information content (AvgIpc) is 2.64. The normalized spacial score (nSPS) is 17.8. The van der Waals surface area contributed by atoms with Gasteiger partial charge >= 0.3 is 26.2 Å². The zero-order valence-electron chi connectivity index (χ0n) is 7.96. The molecule has 0 N–H and O–H groups in total. The minimum absolute atomic E-state index is 0. The summed E-state index contributed by atoms with van der Waals surface area (Å²) in [6.45, 7) is 0. The molecule has 0 aromatic rings. The van der Waals surface area contributed by atoms with Crippen molar-refractivity contribution in [1.29, 1.82) is 0 Å². The van der Waals surface area contributed by atoms with E-state index in [1.807, 2.05) is 12.2 Å². The van der Waals surface area contributed by atoms with E-state index < -0.39 is 0 Å². The van der Waals surface area contributed by atoms with E-state index >= 15 is 0 Å². The third-order valence-electron chi connectivity index (χ3n) is 1.90. The Morgan fingerprint density at radius 2 is 1.77 bits per heavy atom. The fourth-order valence-corrected chi connectivity index (χ4v) is 1.24. The van der Waals surface area contributed by atoms with Crippen LogP contribution in [0.4, 0.5) is 0 Å². The van der Waals surface area contributed by atoms with E-state index in [2.05, 4.69) is 18.6 Å². The minimum Gasteiger partial charge on any atom is -0.328 e. The quantitative estimate of drug-likeness (QED) is 0.589. The van der Waals surface area contributed by atoms with Gasteiger partial charge in [-0.25, -0.2) is 12.2 Å². The second-order valence-electron chi connectivity index (χ2n) is 2.93. The van der Waals surface area contributed by atoms with Crippen molar-refractivity contribution in [2.45, 2.75) is 38.5 Å². The third-order valence-corrected chi connectivity index (χ3v) is 1.90. The molecule has 0 unspecified atom stereocenters. The first-order chi connectivity index (χ1) is 5.50. The molecule has 0 amide bonds.